The quantitative estimate of drug-likeness (QED) is 0.689. The normalized spacial score (nSPS) is 13.3. The lowest BCUT2D eigenvalue weighted by molar-refractivity contribution is 0.526. The van der Waals surface area contributed by atoms with E-state index in [2.05, 4.69) is 11.6 Å². The van der Waals surface area contributed by atoms with Gasteiger partial charge in [-0.25, -0.2) is 13.1 Å². The minimum Gasteiger partial charge on any atom is -0.326 e. The minimum atomic E-state index is -3.48. The first-order valence-corrected chi connectivity index (χ1v) is 9.27. The Bertz CT molecular complexity index is 541. The van der Waals surface area contributed by atoms with E-state index in [1.54, 1.807) is 6.07 Å². The molecule has 1 atom stereocenters. The molecule has 0 spiro atoms. The molecule has 0 fully saturated rings. The van der Waals surface area contributed by atoms with Gasteiger partial charge in [-0.15, -0.1) is 0 Å². The van der Waals surface area contributed by atoms with Gasteiger partial charge in [0, 0.05) is 12.6 Å². The van der Waals surface area contributed by atoms with Crippen LogP contribution in [0.5, 0.6) is 0 Å². The summed E-state index contributed by atoms with van der Waals surface area (Å²) >= 11 is 0. The Morgan fingerprint density at radius 1 is 1.24 bits per heavy atom. The highest BCUT2D eigenvalue weighted by molar-refractivity contribution is 7.89. The van der Waals surface area contributed by atoms with Crippen molar-refractivity contribution >= 4 is 10.0 Å². The van der Waals surface area contributed by atoms with Crippen molar-refractivity contribution < 1.29 is 8.42 Å². The van der Waals surface area contributed by atoms with Crippen molar-refractivity contribution in [2.75, 3.05) is 0 Å². The molecule has 5 heteroatoms. The Balaban J connectivity index is 2.91. The standard InChI is InChI=1S/C16H28N2O2S/c1-4-6-7-8-13(3)18-21(19,20)16-11-14(12-17)9-10-15(16)5-2/h9-11,13,18H,4-8,12,17H2,1-3H3. The average Bonchev–Trinajstić information content (AvgIpc) is 2.46. The largest absolute Gasteiger partial charge is 0.326 e. The summed E-state index contributed by atoms with van der Waals surface area (Å²) in [5, 5.41) is 0. The zero-order valence-corrected chi connectivity index (χ0v) is 14.2. The van der Waals surface area contributed by atoms with E-state index in [1.807, 2.05) is 26.0 Å². The van der Waals surface area contributed by atoms with E-state index in [9.17, 15) is 8.42 Å². The van der Waals surface area contributed by atoms with Crippen LogP contribution in [0.4, 0.5) is 0 Å². The molecule has 0 aromatic heterocycles. The first-order chi connectivity index (χ1) is 9.94. The van der Waals surface area contributed by atoms with Crippen molar-refractivity contribution in [3.63, 3.8) is 0 Å². The van der Waals surface area contributed by atoms with Gasteiger partial charge in [0.15, 0.2) is 0 Å². The Morgan fingerprint density at radius 2 is 1.95 bits per heavy atom. The number of benzene rings is 1. The summed E-state index contributed by atoms with van der Waals surface area (Å²) in [5.74, 6) is 0. The molecule has 0 radical (unpaired) electrons. The molecule has 0 aliphatic heterocycles. The predicted molar refractivity (Wildman–Crippen MR) is 87.6 cm³/mol. The molecule has 0 heterocycles. The van der Waals surface area contributed by atoms with Gasteiger partial charge in [-0.1, -0.05) is 45.2 Å². The zero-order valence-electron chi connectivity index (χ0n) is 13.4. The van der Waals surface area contributed by atoms with E-state index in [1.165, 1.54) is 0 Å². The van der Waals surface area contributed by atoms with Gasteiger partial charge in [0.2, 0.25) is 10.0 Å². The summed E-state index contributed by atoms with van der Waals surface area (Å²) in [6.07, 6.45) is 4.87. The number of hydrogen-bond acceptors (Lipinski definition) is 3. The van der Waals surface area contributed by atoms with Crippen molar-refractivity contribution in [2.45, 2.75) is 70.4 Å². The van der Waals surface area contributed by atoms with Gasteiger partial charge in [0.05, 0.1) is 4.90 Å². The van der Waals surface area contributed by atoms with Crippen LogP contribution in [0, 0.1) is 0 Å². The predicted octanol–water partition coefficient (Wildman–Crippen LogP) is 2.95. The molecule has 0 saturated carbocycles. The van der Waals surface area contributed by atoms with Gasteiger partial charge < -0.3 is 5.73 Å². The molecule has 0 saturated heterocycles. The van der Waals surface area contributed by atoms with Crippen LogP contribution in [0.3, 0.4) is 0 Å². The Labute approximate surface area is 129 Å². The third-order valence-electron chi connectivity index (χ3n) is 3.63. The first-order valence-electron chi connectivity index (χ1n) is 7.78. The summed E-state index contributed by atoms with van der Waals surface area (Å²) in [5.41, 5.74) is 7.29. The van der Waals surface area contributed by atoms with Crippen molar-refractivity contribution in [1.82, 2.24) is 4.72 Å². The van der Waals surface area contributed by atoms with E-state index in [0.29, 0.717) is 17.9 Å². The number of sulfonamides is 1. The molecule has 3 N–H and O–H groups in total. The summed E-state index contributed by atoms with van der Waals surface area (Å²) in [6.45, 7) is 6.37. The van der Waals surface area contributed by atoms with Gasteiger partial charge in [0.25, 0.3) is 0 Å². The van der Waals surface area contributed by atoms with Crippen LogP contribution in [-0.4, -0.2) is 14.5 Å². The van der Waals surface area contributed by atoms with Gasteiger partial charge in [-0.3, -0.25) is 0 Å². The van der Waals surface area contributed by atoms with Crippen LogP contribution >= 0.6 is 0 Å². The van der Waals surface area contributed by atoms with Crippen LogP contribution in [-0.2, 0) is 23.0 Å². The van der Waals surface area contributed by atoms with Crippen molar-refractivity contribution in [2.24, 2.45) is 5.73 Å². The van der Waals surface area contributed by atoms with Gasteiger partial charge in [-0.05, 0) is 37.0 Å². The zero-order chi connectivity index (χ0) is 15.9. The van der Waals surface area contributed by atoms with Crippen LogP contribution in [0.2, 0.25) is 0 Å². The number of unbranched alkanes of at least 4 members (excludes halogenated alkanes) is 2. The Hall–Kier alpha value is -0.910. The van der Waals surface area contributed by atoms with Crippen molar-refractivity contribution in [1.29, 1.82) is 0 Å². The van der Waals surface area contributed by atoms with Crippen LogP contribution in [0.25, 0.3) is 0 Å². The molecule has 1 unspecified atom stereocenters. The van der Waals surface area contributed by atoms with Crippen LogP contribution in [0.1, 0.15) is 57.6 Å². The lowest BCUT2D eigenvalue weighted by Gasteiger charge is -2.16. The highest BCUT2D eigenvalue weighted by atomic mass is 32.2. The van der Waals surface area contributed by atoms with E-state index < -0.39 is 10.0 Å². The molecule has 1 aromatic carbocycles. The second kappa shape index (κ2) is 8.51. The third-order valence-corrected chi connectivity index (χ3v) is 5.31. The average molecular weight is 312 g/mol. The van der Waals surface area contributed by atoms with E-state index >= 15 is 0 Å². The molecule has 0 aliphatic carbocycles. The first kappa shape index (κ1) is 18.1. The second-order valence-corrected chi connectivity index (χ2v) is 7.20. The van der Waals surface area contributed by atoms with Crippen LogP contribution in [0.15, 0.2) is 23.1 Å². The molecule has 120 valence electrons. The van der Waals surface area contributed by atoms with E-state index in [4.69, 9.17) is 5.73 Å². The van der Waals surface area contributed by atoms with Gasteiger partial charge >= 0.3 is 0 Å². The maximum Gasteiger partial charge on any atom is 0.241 e. The second-order valence-electron chi connectivity index (χ2n) is 5.52. The molecule has 1 aromatic rings. The Morgan fingerprint density at radius 3 is 2.52 bits per heavy atom. The summed E-state index contributed by atoms with van der Waals surface area (Å²) in [4.78, 5) is 0.371. The fraction of sp³-hybridized carbons (Fsp3) is 0.625. The highest BCUT2D eigenvalue weighted by Crippen LogP contribution is 2.19. The molecular weight excluding hydrogens is 284 g/mol. The SMILES string of the molecule is CCCCCC(C)NS(=O)(=O)c1cc(CN)ccc1CC. The molecule has 0 amide bonds. The number of rotatable bonds is 9. The van der Waals surface area contributed by atoms with Gasteiger partial charge in [-0.2, -0.15) is 0 Å². The van der Waals surface area contributed by atoms with Gasteiger partial charge in [0.1, 0.15) is 0 Å². The summed E-state index contributed by atoms with van der Waals surface area (Å²) in [6, 6.07) is 5.40. The molecular formula is C16H28N2O2S. The number of hydrogen-bond donors (Lipinski definition) is 2. The van der Waals surface area contributed by atoms with Crippen molar-refractivity contribution in [3.05, 3.63) is 29.3 Å². The molecule has 0 bridgehead atoms. The number of nitrogens with one attached hydrogen (secondary N) is 1. The third kappa shape index (κ3) is 5.41. The van der Waals surface area contributed by atoms with E-state index in [-0.39, 0.29) is 6.04 Å². The molecule has 4 nitrogen and oxygen atoms in total. The summed E-state index contributed by atoms with van der Waals surface area (Å²) in [7, 11) is -3.48. The maximum absolute atomic E-state index is 12.6. The fourth-order valence-electron chi connectivity index (χ4n) is 2.36. The number of aryl methyl sites for hydroxylation is 1. The number of nitrogens with two attached hydrogens (primary N) is 1. The highest BCUT2D eigenvalue weighted by Gasteiger charge is 2.20. The topological polar surface area (TPSA) is 72.2 Å². The molecule has 0 aliphatic rings. The Kier molecular flexibility index (Phi) is 7.35. The van der Waals surface area contributed by atoms with Crippen molar-refractivity contribution in [3.8, 4) is 0 Å². The summed E-state index contributed by atoms with van der Waals surface area (Å²) < 4.78 is 27.9. The van der Waals surface area contributed by atoms with Crippen LogP contribution < -0.4 is 10.5 Å². The lowest BCUT2D eigenvalue weighted by atomic mass is 10.1. The smallest absolute Gasteiger partial charge is 0.241 e. The lowest BCUT2D eigenvalue weighted by Crippen LogP contribution is -2.33. The van der Waals surface area contributed by atoms with E-state index in [0.717, 1.165) is 36.8 Å². The minimum absolute atomic E-state index is 0.0483. The molecule has 1 rings (SSSR count). The fourth-order valence-corrected chi connectivity index (χ4v) is 3.99. The monoisotopic (exact) mass is 312 g/mol. The maximum atomic E-state index is 12.6. The molecule has 21 heavy (non-hydrogen) atoms.